The molecule has 1 heterocycles. The number of carbonyl (C=O) groups is 2. The van der Waals surface area contributed by atoms with Crippen LogP contribution in [0, 0.1) is 13.8 Å². The van der Waals surface area contributed by atoms with Gasteiger partial charge in [0.05, 0.1) is 30.5 Å². The van der Waals surface area contributed by atoms with Gasteiger partial charge in [0.25, 0.3) is 0 Å². The van der Waals surface area contributed by atoms with E-state index in [1.54, 1.807) is 13.8 Å². The Morgan fingerprint density at radius 1 is 1.35 bits per heavy atom. The summed E-state index contributed by atoms with van der Waals surface area (Å²) in [6.07, 6.45) is 0. The fourth-order valence-corrected chi connectivity index (χ4v) is 2.55. The Kier molecular flexibility index (Phi) is 5.26. The zero-order chi connectivity index (χ0) is 17.0. The Hall–Kier alpha value is -2.50. The number of rotatable bonds is 5. The highest BCUT2D eigenvalue weighted by Gasteiger charge is 2.29. The third-order valence-corrected chi connectivity index (χ3v) is 3.93. The van der Waals surface area contributed by atoms with Gasteiger partial charge in [-0.15, -0.1) is 0 Å². The number of nitrogens with one attached hydrogen (secondary N) is 3. The number of amides is 2. The molecular formula is C17H23N3O3. The first-order valence-electron chi connectivity index (χ1n) is 7.71. The molecule has 0 bridgehead atoms. The second kappa shape index (κ2) is 7.17. The van der Waals surface area contributed by atoms with Gasteiger partial charge in [0.1, 0.15) is 0 Å². The maximum Gasteiger partial charge on any atom is 0.337 e. The predicted octanol–water partition coefficient (Wildman–Crippen LogP) is 2.23. The van der Waals surface area contributed by atoms with Gasteiger partial charge in [-0.1, -0.05) is 12.1 Å². The molecule has 2 amide bonds. The van der Waals surface area contributed by atoms with Crippen LogP contribution in [-0.4, -0.2) is 31.2 Å². The normalized spacial score (nSPS) is 17.4. The van der Waals surface area contributed by atoms with Crippen molar-refractivity contribution in [2.45, 2.75) is 33.7 Å². The minimum Gasteiger partial charge on any atom is -0.463 e. The maximum atomic E-state index is 12.2. The zero-order valence-electron chi connectivity index (χ0n) is 13.9. The number of urea groups is 1. The van der Waals surface area contributed by atoms with Gasteiger partial charge in [0.2, 0.25) is 0 Å². The van der Waals surface area contributed by atoms with Crippen LogP contribution >= 0.6 is 0 Å². The quantitative estimate of drug-likeness (QED) is 0.728. The average Bonchev–Trinajstić information content (AvgIpc) is 2.48. The summed E-state index contributed by atoms with van der Waals surface area (Å²) in [5.41, 5.74) is 4.28. The Balaban J connectivity index is 2.25. The van der Waals surface area contributed by atoms with E-state index in [0.29, 0.717) is 24.4 Å². The van der Waals surface area contributed by atoms with Crippen LogP contribution in [0.2, 0.25) is 0 Å². The summed E-state index contributed by atoms with van der Waals surface area (Å²) in [4.78, 5) is 23.9. The minimum absolute atomic E-state index is 0.292. The molecule has 0 saturated heterocycles. The Labute approximate surface area is 136 Å². The molecule has 23 heavy (non-hydrogen) atoms. The van der Waals surface area contributed by atoms with E-state index in [0.717, 1.165) is 11.3 Å². The van der Waals surface area contributed by atoms with Crippen molar-refractivity contribution in [3.05, 3.63) is 40.6 Å². The largest absolute Gasteiger partial charge is 0.463 e. The molecular weight excluding hydrogens is 294 g/mol. The van der Waals surface area contributed by atoms with E-state index < -0.39 is 12.0 Å². The van der Waals surface area contributed by atoms with E-state index in [1.165, 1.54) is 5.56 Å². The molecule has 1 atom stereocenters. The molecule has 6 nitrogen and oxygen atoms in total. The van der Waals surface area contributed by atoms with Crippen LogP contribution in [0.25, 0.3) is 0 Å². The van der Waals surface area contributed by atoms with Crippen molar-refractivity contribution in [2.75, 3.05) is 18.5 Å². The number of ether oxygens (including phenoxy) is 1. The van der Waals surface area contributed by atoms with Crippen LogP contribution in [0.1, 0.15) is 25.0 Å². The summed E-state index contributed by atoms with van der Waals surface area (Å²) >= 11 is 0. The third kappa shape index (κ3) is 3.83. The highest BCUT2D eigenvalue weighted by molar-refractivity contribution is 5.94. The third-order valence-electron chi connectivity index (χ3n) is 3.93. The summed E-state index contributed by atoms with van der Waals surface area (Å²) in [6, 6.07) is 5.27. The number of hydrogen-bond donors (Lipinski definition) is 3. The first-order valence-corrected chi connectivity index (χ1v) is 7.71. The van der Waals surface area contributed by atoms with Gasteiger partial charge >= 0.3 is 12.0 Å². The number of anilines is 1. The summed E-state index contributed by atoms with van der Waals surface area (Å²) in [6.45, 7) is 8.23. The van der Waals surface area contributed by atoms with Gasteiger partial charge in [0.15, 0.2) is 0 Å². The van der Waals surface area contributed by atoms with Gasteiger partial charge in [-0.05, 0) is 44.9 Å². The fraction of sp³-hybridized carbons (Fsp3) is 0.412. The second-order valence-electron chi connectivity index (χ2n) is 5.53. The molecule has 6 heteroatoms. The lowest BCUT2D eigenvalue weighted by atomic mass is 10.0. The summed E-state index contributed by atoms with van der Waals surface area (Å²) in [5, 5.41) is 8.67. The van der Waals surface area contributed by atoms with Gasteiger partial charge in [-0.3, -0.25) is 0 Å². The first-order chi connectivity index (χ1) is 10.9. The van der Waals surface area contributed by atoms with E-state index in [-0.39, 0.29) is 6.03 Å². The topological polar surface area (TPSA) is 79.5 Å². The highest BCUT2D eigenvalue weighted by atomic mass is 16.5. The number of carbonyl (C=O) groups excluding carboxylic acids is 2. The Bertz CT molecular complexity index is 652. The SMILES string of the molecule is CCOC(=O)C1=C(CNc2cccc(C)c2C)NC(=O)NC1C. The van der Waals surface area contributed by atoms with E-state index in [2.05, 4.69) is 16.0 Å². The average molecular weight is 317 g/mol. The van der Waals surface area contributed by atoms with Crippen molar-refractivity contribution in [3.63, 3.8) is 0 Å². The van der Waals surface area contributed by atoms with Gasteiger partial charge < -0.3 is 20.7 Å². The summed E-state index contributed by atoms with van der Waals surface area (Å²) < 4.78 is 5.10. The van der Waals surface area contributed by atoms with Crippen LogP contribution < -0.4 is 16.0 Å². The van der Waals surface area contributed by atoms with Crippen LogP contribution in [0.5, 0.6) is 0 Å². The molecule has 3 N–H and O–H groups in total. The van der Waals surface area contributed by atoms with Crippen LogP contribution in [0.15, 0.2) is 29.5 Å². The molecule has 0 fully saturated rings. The fourth-order valence-electron chi connectivity index (χ4n) is 2.55. The van der Waals surface area contributed by atoms with Crippen LogP contribution in [-0.2, 0) is 9.53 Å². The summed E-state index contributed by atoms with van der Waals surface area (Å²) in [7, 11) is 0. The van der Waals surface area contributed by atoms with E-state index in [4.69, 9.17) is 4.74 Å². The minimum atomic E-state index is -0.412. The van der Waals surface area contributed by atoms with Crippen LogP contribution in [0.4, 0.5) is 10.5 Å². The molecule has 0 saturated carbocycles. The van der Waals surface area contributed by atoms with Gasteiger partial charge in [-0.2, -0.15) is 0 Å². The number of aryl methyl sites for hydroxylation is 1. The second-order valence-corrected chi connectivity index (χ2v) is 5.53. The highest BCUT2D eigenvalue weighted by Crippen LogP contribution is 2.20. The molecule has 2 rings (SSSR count). The zero-order valence-corrected chi connectivity index (χ0v) is 13.9. The molecule has 1 aromatic rings. The number of hydrogen-bond acceptors (Lipinski definition) is 4. The van der Waals surface area contributed by atoms with Crippen molar-refractivity contribution in [3.8, 4) is 0 Å². The van der Waals surface area contributed by atoms with Crippen molar-refractivity contribution in [2.24, 2.45) is 0 Å². The first kappa shape index (κ1) is 16.9. The van der Waals surface area contributed by atoms with Crippen molar-refractivity contribution < 1.29 is 14.3 Å². The van der Waals surface area contributed by atoms with E-state index in [9.17, 15) is 9.59 Å². The van der Waals surface area contributed by atoms with E-state index >= 15 is 0 Å². The lowest BCUT2D eigenvalue weighted by molar-refractivity contribution is -0.138. The molecule has 0 radical (unpaired) electrons. The molecule has 1 aliphatic rings. The van der Waals surface area contributed by atoms with Crippen molar-refractivity contribution in [1.29, 1.82) is 0 Å². The van der Waals surface area contributed by atoms with E-state index in [1.807, 2.05) is 32.0 Å². The number of esters is 1. The Morgan fingerprint density at radius 3 is 2.78 bits per heavy atom. The van der Waals surface area contributed by atoms with Crippen molar-refractivity contribution in [1.82, 2.24) is 10.6 Å². The standard InChI is InChI=1S/C17H23N3O3/c1-5-23-16(21)15-12(4)19-17(22)20-14(15)9-18-13-8-6-7-10(2)11(13)3/h6-8,12,18H,5,9H2,1-4H3,(H2,19,20,22). The lowest BCUT2D eigenvalue weighted by Crippen LogP contribution is -2.50. The Morgan fingerprint density at radius 2 is 2.09 bits per heavy atom. The number of benzene rings is 1. The van der Waals surface area contributed by atoms with Gasteiger partial charge in [0, 0.05) is 5.69 Å². The smallest absolute Gasteiger partial charge is 0.337 e. The predicted molar refractivity (Wildman–Crippen MR) is 89.2 cm³/mol. The monoisotopic (exact) mass is 317 g/mol. The molecule has 0 spiro atoms. The molecule has 1 unspecified atom stereocenters. The summed E-state index contributed by atoms with van der Waals surface area (Å²) in [5.74, 6) is -0.412. The maximum absolute atomic E-state index is 12.2. The molecule has 1 aromatic carbocycles. The van der Waals surface area contributed by atoms with Crippen LogP contribution in [0.3, 0.4) is 0 Å². The molecule has 124 valence electrons. The van der Waals surface area contributed by atoms with Gasteiger partial charge in [-0.25, -0.2) is 9.59 Å². The van der Waals surface area contributed by atoms with Crippen molar-refractivity contribution >= 4 is 17.7 Å². The lowest BCUT2D eigenvalue weighted by Gasteiger charge is -2.27. The molecule has 0 aliphatic carbocycles. The molecule has 1 aliphatic heterocycles. The molecule has 0 aromatic heterocycles.